The number of rotatable bonds is 7. The van der Waals surface area contributed by atoms with Crippen LogP contribution in [-0.2, 0) is 0 Å². The summed E-state index contributed by atoms with van der Waals surface area (Å²) in [6.07, 6.45) is 0. The second-order valence-electron chi connectivity index (χ2n) is 14.5. The van der Waals surface area contributed by atoms with E-state index in [1.807, 2.05) is 12.1 Å². The van der Waals surface area contributed by atoms with Crippen molar-refractivity contribution in [2.24, 2.45) is 0 Å². The maximum atomic E-state index is 6.19. The smallest absolute Gasteiger partial charge is 0.136 e. The molecule has 2 aromatic heterocycles. The Hall–Kier alpha value is -7.62. The zero-order valence-electron chi connectivity index (χ0n) is 31.1. The number of nitrogens with zero attached hydrogens (tertiary/aromatic N) is 2. The second kappa shape index (κ2) is 13.6. The van der Waals surface area contributed by atoms with E-state index in [0.29, 0.717) is 0 Å². The van der Waals surface area contributed by atoms with Gasteiger partial charge in [0.05, 0.1) is 11.0 Å². The molecule has 0 radical (unpaired) electrons. The van der Waals surface area contributed by atoms with Gasteiger partial charge in [0.25, 0.3) is 0 Å². The summed E-state index contributed by atoms with van der Waals surface area (Å²) in [5.74, 6) is 0. The molecule has 0 amide bonds. The van der Waals surface area contributed by atoms with Crippen molar-refractivity contribution in [3.8, 4) is 39.1 Å². The number of anilines is 3. The lowest BCUT2D eigenvalue weighted by Crippen LogP contribution is -2.10. The Kier molecular flexibility index (Phi) is 7.82. The normalized spacial score (nSPS) is 11.5. The molecule has 0 saturated heterocycles. The fourth-order valence-corrected chi connectivity index (χ4v) is 8.53. The summed E-state index contributed by atoms with van der Waals surface area (Å²) in [6, 6.07) is 78.1. The molecule has 57 heavy (non-hydrogen) atoms. The third kappa shape index (κ3) is 5.68. The average molecular weight is 729 g/mol. The molecule has 0 aliphatic carbocycles. The Balaban J connectivity index is 0.995. The van der Waals surface area contributed by atoms with Gasteiger partial charge in [0.15, 0.2) is 0 Å². The van der Waals surface area contributed by atoms with Crippen molar-refractivity contribution in [2.45, 2.75) is 0 Å². The lowest BCUT2D eigenvalue weighted by Gasteiger charge is -2.27. The van der Waals surface area contributed by atoms with Crippen molar-refractivity contribution >= 4 is 60.8 Å². The van der Waals surface area contributed by atoms with E-state index in [1.54, 1.807) is 0 Å². The number of fused-ring (bicyclic) bond motifs is 6. The van der Waals surface area contributed by atoms with Crippen LogP contribution in [0.2, 0.25) is 0 Å². The minimum absolute atomic E-state index is 0.910. The Morgan fingerprint density at radius 2 is 0.860 bits per heavy atom. The summed E-state index contributed by atoms with van der Waals surface area (Å²) in [5.41, 5.74) is 15.6. The van der Waals surface area contributed by atoms with Crippen LogP contribution in [0.4, 0.5) is 17.1 Å². The predicted octanol–water partition coefficient (Wildman–Crippen LogP) is 15.2. The minimum Gasteiger partial charge on any atom is -0.456 e. The highest BCUT2D eigenvalue weighted by Gasteiger charge is 2.18. The standard InChI is InChI=1S/C54H36N2O/c1-2-13-37(14-3-1)41-15-10-16-43(35-41)55(44-17-11-18-45(36-44)56-50-23-7-4-19-47(50)48-20-5-8-24-51(48)56)42-33-31-39(32-34-42)38-27-29-40(30-28-38)46-22-12-26-53-54(46)49-21-6-9-25-52(49)57-53/h1-36H. The summed E-state index contributed by atoms with van der Waals surface area (Å²) in [4.78, 5) is 2.37. The van der Waals surface area contributed by atoms with Crippen molar-refractivity contribution in [1.29, 1.82) is 0 Å². The van der Waals surface area contributed by atoms with Crippen LogP contribution in [0.25, 0.3) is 82.8 Å². The minimum atomic E-state index is 0.910. The fourth-order valence-electron chi connectivity index (χ4n) is 8.53. The van der Waals surface area contributed by atoms with Crippen molar-refractivity contribution in [2.75, 3.05) is 4.90 Å². The Bertz CT molecular complexity index is 3170. The molecule has 0 saturated carbocycles. The van der Waals surface area contributed by atoms with Crippen LogP contribution in [0.15, 0.2) is 223 Å². The number of benzene rings is 9. The van der Waals surface area contributed by atoms with Crippen LogP contribution in [0.3, 0.4) is 0 Å². The molecular formula is C54H36N2O. The van der Waals surface area contributed by atoms with E-state index in [1.165, 1.54) is 49.6 Å². The molecule has 9 aromatic carbocycles. The summed E-state index contributed by atoms with van der Waals surface area (Å²) >= 11 is 0. The second-order valence-corrected chi connectivity index (χ2v) is 14.5. The first-order chi connectivity index (χ1) is 28.3. The van der Waals surface area contributed by atoms with Gasteiger partial charge in [-0.05, 0) is 100 Å². The molecule has 2 heterocycles. The molecule has 3 heteroatoms. The van der Waals surface area contributed by atoms with E-state index < -0.39 is 0 Å². The molecule has 11 aromatic rings. The van der Waals surface area contributed by atoms with Gasteiger partial charge in [-0.2, -0.15) is 0 Å². The van der Waals surface area contributed by atoms with Gasteiger partial charge in [-0.25, -0.2) is 0 Å². The number of aromatic nitrogens is 1. The lowest BCUT2D eigenvalue weighted by molar-refractivity contribution is 0.669. The molecule has 0 unspecified atom stereocenters. The van der Waals surface area contributed by atoms with Crippen molar-refractivity contribution in [3.05, 3.63) is 218 Å². The van der Waals surface area contributed by atoms with Gasteiger partial charge in [-0.3, -0.25) is 0 Å². The first-order valence-corrected chi connectivity index (χ1v) is 19.4. The van der Waals surface area contributed by atoms with Gasteiger partial charge in [0.2, 0.25) is 0 Å². The molecule has 0 atom stereocenters. The molecule has 0 aliphatic heterocycles. The molecule has 0 N–H and O–H groups in total. The van der Waals surface area contributed by atoms with Gasteiger partial charge in [0, 0.05) is 44.3 Å². The Labute approximate surface area is 330 Å². The van der Waals surface area contributed by atoms with Crippen molar-refractivity contribution in [1.82, 2.24) is 4.57 Å². The van der Waals surface area contributed by atoms with Gasteiger partial charge in [-0.1, -0.05) is 152 Å². The van der Waals surface area contributed by atoms with E-state index >= 15 is 0 Å². The number of hydrogen-bond donors (Lipinski definition) is 0. The highest BCUT2D eigenvalue weighted by Crippen LogP contribution is 2.41. The first-order valence-electron chi connectivity index (χ1n) is 19.4. The molecular weight excluding hydrogens is 693 g/mol. The van der Waals surface area contributed by atoms with Crippen molar-refractivity contribution in [3.63, 3.8) is 0 Å². The van der Waals surface area contributed by atoms with Crippen LogP contribution in [0, 0.1) is 0 Å². The predicted molar refractivity (Wildman–Crippen MR) is 239 cm³/mol. The van der Waals surface area contributed by atoms with Crippen LogP contribution in [-0.4, -0.2) is 4.57 Å². The van der Waals surface area contributed by atoms with E-state index in [9.17, 15) is 0 Å². The molecule has 11 rings (SSSR count). The van der Waals surface area contributed by atoms with E-state index in [0.717, 1.165) is 50.3 Å². The third-order valence-corrected chi connectivity index (χ3v) is 11.2. The van der Waals surface area contributed by atoms with E-state index in [2.05, 4.69) is 216 Å². The number of furan rings is 1. The van der Waals surface area contributed by atoms with Crippen molar-refractivity contribution < 1.29 is 4.42 Å². The monoisotopic (exact) mass is 728 g/mol. The highest BCUT2D eigenvalue weighted by molar-refractivity contribution is 6.12. The molecule has 268 valence electrons. The average Bonchev–Trinajstić information content (AvgIpc) is 3.84. The highest BCUT2D eigenvalue weighted by atomic mass is 16.3. The topological polar surface area (TPSA) is 21.3 Å². The Morgan fingerprint density at radius 1 is 0.333 bits per heavy atom. The number of hydrogen-bond acceptors (Lipinski definition) is 2. The summed E-state index contributed by atoms with van der Waals surface area (Å²) in [5, 5.41) is 4.80. The van der Waals surface area contributed by atoms with Crippen LogP contribution >= 0.6 is 0 Å². The fraction of sp³-hybridized carbons (Fsp3) is 0. The molecule has 0 fully saturated rings. The van der Waals surface area contributed by atoms with E-state index in [-0.39, 0.29) is 0 Å². The zero-order chi connectivity index (χ0) is 37.7. The molecule has 0 aliphatic rings. The lowest BCUT2D eigenvalue weighted by atomic mass is 9.97. The molecule has 0 spiro atoms. The van der Waals surface area contributed by atoms with Crippen LogP contribution in [0.5, 0.6) is 0 Å². The van der Waals surface area contributed by atoms with Gasteiger partial charge in [-0.15, -0.1) is 0 Å². The molecule has 3 nitrogen and oxygen atoms in total. The SMILES string of the molecule is c1ccc(-c2cccc(N(c3ccc(-c4ccc(-c5cccc6oc7ccccc7c56)cc4)cc3)c3cccc(-n4c5ccccc5c5ccccc54)c3)c2)cc1. The number of para-hydroxylation sites is 3. The van der Waals surface area contributed by atoms with Crippen LogP contribution < -0.4 is 4.90 Å². The summed E-state index contributed by atoms with van der Waals surface area (Å²) < 4.78 is 8.57. The maximum Gasteiger partial charge on any atom is 0.136 e. The van der Waals surface area contributed by atoms with Gasteiger partial charge < -0.3 is 13.9 Å². The quantitative estimate of drug-likeness (QED) is 0.163. The van der Waals surface area contributed by atoms with Gasteiger partial charge in [0.1, 0.15) is 11.2 Å². The van der Waals surface area contributed by atoms with E-state index in [4.69, 9.17) is 4.42 Å². The first kappa shape index (κ1) is 32.8. The Morgan fingerprint density at radius 3 is 1.60 bits per heavy atom. The largest absolute Gasteiger partial charge is 0.456 e. The summed E-state index contributed by atoms with van der Waals surface area (Å²) in [7, 11) is 0. The summed E-state index contributed by atoms with van der Waals surface area (Å²) in [6.45, 7) is 0. The maximum absolute atomic E-state index is 6.19. The third-order valence-electron chi connectivity index (χ3n) is 11.2. The van der Waals surface area contributed by atoms with Crippen LogP contribution in [0.1, 0.15) is 0 Å². The van der Waals surface area contributed by atoms with Gasteiger partial charge >= 0.3 is 0 Å². The zero-order valence-corrected chi connectivity index (χ0v) is 31.1. The molecule has 0 bridgehead atoms.